The molecule has 1 saturated heterocycles. The molecule has 2 unspecified atom stereocenters. The van der Waals surface area contributed by atoms with Gasteiger partial charge in [-0.15, -0.1) is 0 Å². The molecule has 92 valence electrons. The number of rotatable bonds is 2. The van der Waals surface area contributed by atoms with E-state index < -0.39 is 0 Å². The van der Waals surface area contributed by atoms with Gasteiger partial charge in [-0.1, -0.05) is 12.8 Å². The predicted octanol–water partition coefficient (Wildman–Crippen LogP) is 1.88. The molecule has 1 spiro atoms. The quantitative estimate of drug-likeness (QED) is 0.781. The van der Waals surface area contributed by atoms with Gasteiger partial charge in [0, 0.05) is 25.0 Å². The van der Waals surface area contributed by atoms with Crippen LogP contribution in [0.5, 0.6) is 0 Å². The van der Waals surface area contributed by atoms with Crippen LogP contribution in [0.1, 0.15) is 44.9 Å². The molecule has 2 atom stereocenters. The number of ether oxygens (including phenoxy) is 2. The van der Waals surface area contributed by atoms with E-state index in [1.54, 1.807) is 0 Å². The summed E-state index contributed by atoms with van der Waals surface area (Å²) in [6.07, 6.45) is 8.40. The zero-order valence-electron chi connectivity index (χ0n) is 9.86. The summed E-state index contributed by atoms with van der Waals surface area (Å²) in [5.41, 5.74) is 0.137. The fourth-order valence-electron chi connectivity index (χ4n) is 3.65. The van der Waals surface area contributed by atoms with Gasteiger partial charge < -0.3 is 14.6 Å². The van der Waals surface area contributed by atoms with Crippen molar-refractivity contribution in [2.24, 2.45) is 5.41 Å². The summed E-state index contributed by atoms with van der Waals surface area (Å²) in [4.78, 5) is 0. The Balaban J connectivity index is 1.58. The van der Waals surface area contributed by atoms with Crippen molar-refractivity contribution in [2.75, 3.05) is 13.2 Å². The molecule has 2 saturated carbocycles. The highest BCUT2D eigenvalue weighted by molar-refractivity contribution is 5.06. The lowest BCUT2D eigenvalue weighted by Gasteiger charge is -2.52. The fourth-order valence-corrected chi connectivity index (χ4v) is 3.65. The van der Waals surface area contributed by atoms with Gasteiger partial charge in [-0.2, -0.15) is 0 Å². The van der Waals surface area contributed by atoms with Gasteiger partial charge >= 0.3 is 0 Å². The van der Waals surface area contributed by atoms with Gasteiger partial charge in [-0.05, 0) is 25.7 Å². The number of aliphatic hydroxyl groups excluding tert-OH is 1. The predicted molar refractivity (Wildman–Crippen MR) is 60.2 cm³/mol. The summed E-state index contributed by atoms with van der Waals surface area (Å²) in [7, 11) is 0. The molecular formula is C13H22O3. The van der Waals surface area contributed by atoms with E-state index in [1.807, 2.05) is 0 Å². The average molecular weight is 226 g/mol. The van der Waals surface area contributed by atoms with Crippen LogP contribution in [0, 0.1) is 5.41 Å². The van der Waals surface area contributed by atoms with Crippen molar-refractivity contribution in [3.05, 3.63) is 0 Å². The summed E-state index contributed by atoms with van der Waals surface area (Å²) >= 11 is 0. The van der Waals surface area contributed by atoms with E-state index in [4.69, 9.17) is 9.47 Å². The van der Waals surface area contributed by atoms with Gasteiger partial charge in [0.1, 0.15) is 0 Å². The van der Waals surface area contributed by atoms with Crippen LogP contribution < -0.4 is 0 Å². The molecule has 1 N–H and O–H groups in total. The molecule has 3 nitrogen and oxygen atoms in total. The molecule has 3 aliphatic rings. The van der Waals surface area contributed by atoms with Crippen LogP contribution in [-0.2, 0) is 9.47 Å². The molecule has 2 aliphatic carbocycles. The van der Waals surface area contributed by atoms with E-state index in [1.165, 1.54) is 25.7 Å². The molecule has 1 aliphatic heterocycles. The molecule has 3 fully saturated rings. The Bertz CT molecular complexity index is 242. The summed E-state index contributed by atoms with van der Waals surface area (Å²) in [6.45, 7) is 1.68. The highest BCUT2D eigenvalue weighted by atomic mass is 16.5. The fraction of sp³-hybridized carbons (Fsp3) is 1.00. The molecule has 3 rings (SSSR count). The standard InChI is InChI=1S/C13H22O3/c14-11-9-12(13(11)5-1-2-6-13)16-10-3-7-15-8-4-10/h10-12,14H,1-9H2. The van der Waals surface area contributed by atoms with Gasteiger partial charge in [0.05, 0.1) is 18.3 Å². The molecule has 1 heterocycles. The van der Waals surface area contributed by atoms with Crippen molar-refractivity contribution >= 4 is 0 Å². The second-order valence-corrected chi connectivity index (χ2v) is 5.63. The van der Waals surface area contributed by atoms with Gasteiger partial charge in [-0.3, -0.25) is 0 Å². The first-order valence-corrected chi connectivity index (χ1v) is 6.72. The second-order valence-electron chi connectivity index (χ2n) is 5.63. The Morgan fingerprint density at radius 2 is 1.81 bits per heavy atom. The van der Waals surface area contributed by atoms with Crippen LogP contribution in [0.4, 0.5) is 0 Å². The molecule has 0 amide bonds. The third kappa shape index (κ3) is 1.69. The molecule has 0 radical (unpaired) electrons. The smallest absolute Gasteiger partial charge is 0.0684 e. The van der Waals surface area contributed by atoms with Crippen molar-refractivity contribution < 1.29 is 14.6 Å². The van der Waals surface area contributed by atoms with Gasteiger partial charge in [0.25, 0.3) is 0 Å². The van der Waals surface area contributed by atoms with Crippen LogP contribution in [0.15, 0.2) is 0 Å². The highest BCUT2D eigenvalue weighted by Crippen LogP contribution is 2.55. The number of hydrogen-bond acceptors (Lipinski definition) is 3. The summed E-state index contributed by atoms with van der Waals surface area (Å²) in [5.74, 6) is 0. The third-order valence-electron chi connectivity index (χ3n) is 4.80. The van der Waals surface area contributed by atoms with Gasteiger partial charge in [0.2, 0.25) is 0 Å². The maximum atomic E-state index is 9.99. The zero-order chi connectivity index (χ0) is 11.0. The summed E-state index contributed by atoms with van der Waals surface area (Å²) < 4.78 is 11.5. The van der Waals surface area contributed by atoms with E-state index >= 15 is 0 Å². The normalized spacial score (nSPS) is 38.8. The van der Waals surface area contributed by atoms with Crippen molar-refractivity contribution in [1.29, 1.82) is 0 Å². The molecule has 0 aromatic rings. The van der Waals surface area contributed by atoms with E-state index in [2.05, 4.69) is 0 Å². The maximum absolute atomic E-state index is 9.99. The van der Waals surface area contributed by atoms with Crippen molar-refractivity contribution in [3.63, 3.8) is 0 Å². The average Bonchev–Trinajstić information content (AvgIpc) is 2.82. The molecule has 3 heteroatoms. The lowest BCUT2D eigenvalue weighted by Crippen LogP contribution is -2.57. The van der Waals surface area contributed by atoms with Crippen LogP contribution in [0.3, 0.4) is 0 Å². The Hall–Kier alpha value is -0.120. The van der Waals surface area contributed by atoms with Crippen LogP contribution in [-0.4, -0.2) is 36.6 Å². The SMILES string of the molecule is OC1CC(OC2CCOCC2)C12CCCC2. The van der Waals surface area contributed by atoms with Crippen LogP contribution in [0.25, 0.3) is 0 Å². The minimum Gasteiger partial charge on any atom is -0.392 e. The molecule has 16 heavy (non-hydrogen) atoms. The molecular weight excluding hydrogens is 204 g/mol. The number of aliphatic hydroxyl groups is 1. The van der Waals surface area contributed by atoms with Crippen molar-refractivity contribution in [2.45, 2.75) is 63.3 Å². The lowest BCUT2D eigenvalue weighted by atomic mass is 9.62. The Morgan fingerprint density at radius 1 is 1.12 bits per heavy atom. The minimum absolute atomic E-state index is 0.0974. The summed E-state index contributed by atoms with van der Waals surface area (Å²) in [5, 5.41) is 9.99. The second kappa shape index (κ2) is 4.28. The summed E-state index contributed by atoms with van der Waals surface area (Å²) in [6, 6.07) is 0. The maximum Gasteiger partial charge on any atom is 0.0684 e. The van der Waals surface area contributed by atoms with Gasteiger partial charge in [0.15, 0.2) is 0 Å². The van der Waals surface area contributed by atoms with E-state index in [-0.39, 0.29) is 11.5 Å². The zero-order valence-corrected chi connectivity index (χ0v) is 9.86. The largest absolute Gasteiger partial charge is 0.392 e. The molecule has 0 aromatic heterocycles. The van der Waals surface area contributed by atoms with Crippen molar-refractivity contribution in [3.8, 4) is 0 Å². The van der Waals surface area contributed by atoms with E-state index in [0.717, 1.165) is 32.5 Å². The molecule has 0 bridgehead atoms. The van der Waals surface area contributed by atoms with Crippen molar-refractivity contribution in [1.82, 2.24) is 0 Å². The first kappa shape index (κ1) is 11.0. The first-order valence-electron chi connectivity index (χ1n) is 6.72. The van der Waals surface area contributed by atoms with E-state index in [0.29, 0.717) is 12.2 Å². The van der Waals surface area contributed by atoms with E-state index in [9.17, 15) is 5.11 Å². The topological polar surface area (TPSA) is 38.7 Å². The molecule has 0 aromatic carbocycles. The Kier molecular flexibility index (Phi) is 2.94. The van der Waals surface area contributed by atoms with Crippen LogP contribution in [0.2, 0.25) is 0 Å². The lowest BCUT2D eigenvalue weighted by molar-refractivity contribution is -0.216. The van der Waals surface area contributed by atoms with Gasteiger partial charge in [-0.25, -0.2) is 0 Å². The van der Waals surface area contributed by atoms with Crippen LogP contribution >= 0.6 is 0 Å². The number of hydrogen-bond donors (Lipinski definition) is 1. The Morgan fingerprint density at radius 3 is 2.44 bits per heavy atom. The Labute approximate surface area is 97.1 Å². The third-order valence-corrected chi connectivity index (χ3v) is 4.80. The first-order chi connectivity index (χ1) is 7.81. The highest BCUT2D eigenvalue weighted by Gasteiger charge is 2.56. The minimum atomic E-state index is -0.0974. The monoisotopic (exact) mass is 226 g/mol.